The Morgan fingerprint density at radius 1 is 1.58 bits per heavy atom. The number of nitrogen functional groups attached to an aromatic ring is 1. The summed E-state index contributed by atoms with van der Waals surface area (Å²) >= 11 is 5.49. The van der Waals surface area contributed by atoms with Gasteiger partial charge < -0.3 is 10.8 Å². The zero-order valence-electron chi connectivity index (χ0n) is 5.82. The summed E-state index contributed by atoms with van der Waals surface area (Å²) in [5, 5.41) is 19.4. The quantitative estimate of drug-likeness (QED) is 0.397. The number of halogens is 1. The minimum atomic E-state index is -0.781. The second-order valence-electron chi connectivity index (χ2n) is 2.09. The topological polar surface area (TPSA) is 89.4 Å². The van der Waals surface area contributed by atoms with E-state index in [2.05, 4.69) is 0 Å². The third-order valence-electron chi connectivity index (χ3n) is 1.33. The number of anilines is 1. The molecule has 1 rings (SSSR count). The maximum Gasteiger partial charge on any atom is 0.334 e. The fourth-order valence-corrected chi connectivity index (χ4v) is 0.916. The number of hydrogen-bond acceptors (Lipinski definition) is 4. The van der Waals surface area contributed by atoms with Gasteiger partial charge >= 0.3 is 5.69 Å². The molecule has 0 atom stereocenters. The lowest BCUT2D eigenvalue weighted by molar-refractivity contribution is -0.384. The molecule has 5 nitrogen and oxygen atoms in total. The molecule has 12 heavy (non-hydrogen) atoms. The summed E-state index contributed by atoms with van der Waals surface area (Å²) in [6.07, 6.45) is 0. The van der Waals surface area contributed by atoms with E-state index in [1.807, 2.05) is 0 Å². The minimum Gasteiger partial charge on any atom is -0.502 e. The molecule has 0 unspecified atom stereocenters. The van der Waals surface area contributed by atoms with Crippen molar-refractivity contribution in [2.75, 3.05) is 5.73 Å². The van der Waals surface area contributed by atoms with Crippen molar-refractivity contribution in [3.05, 3.63) is 27.3 Å². The summed E-state index contributed by atoms with van der Waals surface area (Å²) in [6, 6.07) is 2.41. The van der Waals surface area contributed by atoms with Crippen LogP contribution in [0.3, 0.4) is 0 Å². The minimum absolute atomic E-state index is 0.0551. The van der Waals surface area contributed by atoms with Gasteiger partial charge in [0.2, 0.25) is 0 Å². The average molecular weight is 189 g/mol. The predicted octanol–water partition coefficient (Wildman–Crippen LogP) is 1.54. The number of aromatic hydroxyl groups is 1. The number of benzene rings is 1. The van der Waals surface area contributed by atoms with Gasteiger partial charge in [-0.05, 0) is 12.1 Å². The summed E-state index contributed by atoms with van der Waals surface area (Å²) in [7, 11) is 0. The second-order valence-corrected chi connectivity index (χ2v) is 2.49. The van der Waals surface area contributed by atoms with Crippen LogP contribution in [0.4, 0.5) is 11.4 Å². The van der Waals surface area contributed by atoms with Crippen molar-refractivity contribution in [1.29, 1.82) is 0 Å². The molecule has 0 spiro atoms. The van der Waals surface area contributed by atoms with Gasteiger partial charge in [-0.3, -0.25) is 10.1 Å². The van der Waals surface area contributed by atoms with Gasteiger partial charge in [-0.25, -0.2) is 0 Å². The van der Waals surface area contributed by atoms with Crippen LogP contribution in [0.1, 0.15) is 0 Å². The third-order valence-corrected chi connectivity index (χ3v) is 1.65. The van der Waals surface area contributed by atoms with Crippen LogP contribution in [0.15, 0.2) is 12.1 Å². The van der Waals surface area contributed by atoms with Gasteiger partial charge in [0.25, 0.3) is 0 Å². The molecule has 6 heteroatoms. The number of nitrogens with two attached hydrogens (primary N) is 1. The molecule has 0 fully saturated rings. The van der Waals surface area contributed by atoms with Crippen LogP contribution in [0.2, 0.25) is 5.02 Å². The highest BCUT2D eigenvalue weighted by Crippen LogP contribution is 2.36. The maximum atomic E-state index is 10.3. The fraction of sp³-hybridized carbons (Fsp3) is 0. The van der Waals surface area contributed by atoms with Crippen molar-refractivity contribution in [3.8, 4) is 5.75 Å². The van der Waals surface area contributed by atoms with Crippen LogP contribution in [0.25, 0.3) is 0 Å². The average Bonchev–Trinajstić information content (AvgIpc) is 1.97. The number of rotatable bonds is 1. The van der Waals surface area contributed by atoms with Crippen LogP contribution in [-0.2, 0) is 0 Å². The number of nitro groups is 1. The largest absolute Gasteiger partial charge is 0.502 e. The highest BCUT2D eigenvalue weighted by atomic mass is 35.5. The van der Waals surface area contributed by atoms with Gasteiger partial charge in [-0.1, -0.05) is 11.6 Å². The monoisotopic (exact) mass is 188 g/mol. The van der Waals surface area contributed by atoms with Gasteiger partial charge in [0.15, 0.2) is 5.75 Å². The Bertz CT molecular complexity index is 340. The molecule has 0 aliphatic carbocycles. The molecule has 0 saturated heterocycles. The highest BCUT2D eigenvalue weighted by Gasteiger charge is 2.19. The summed E-state index contributed by atoms with van der Waals surface area (Å²) < 4.78 is 0. The van der Waals surface area contributed by atoms with Crippen LogP contribution in [-0.4, -0.2) is 10.0 Å². The van der Waals surface area contributed by atoms with Crippen LogP contribution < -0.4 is 5.73 Å². The van der Waals surface area contributed by atoms with Gasteiger partial charge in [0.05, 0.1) is 9.95 Å². The molecule has 0 saturated carbocycles. The Kier molecular flexibility index (Phi) is 2.05. The number of phenols is 1. The van der Waals surface area contributed by atoms with E-state index in [1.54, 1.807) is 0 Å². The molecule has 1 aromatic carbocycles. The first kappa shape index (κ1) is 8.61. The van der Waals surface area contributed by atoms with E-state index in [1.165, 1.54) is 6.07 Å². The zero-order valence-corrected chi connectivity index (χ0v) is 6.58. The van der Waals surface area contributed by atoms with Crippen LogP contribution >= 0.6 is 11.6 Å². The van der Waals surface area contributed by atoms with Crippen molar-refractivity contribution in [2.45, 2.75) is 0 Å². The Labute approximate surface area is 72.5 Å². The molecule has 1 aromatic rings. The van der Waals surface area contributed by atoms with E-state index in [0.717, 1.165) is 6.07 Å². The second kappa shape index (κ2) is 2.86. The van der Waals surface area contributed by atoms with E-state index in [9.17, 15) is 10.1 Å². The molecule has 0 radical (unpaired) electrons. The molecule has 0 amide bonds. The maximum absolute atomic E-state index is 10.3. The first-order chi connectivity index (χ1) is 5.54. The Morgan fingerprint density at radius 3 is 2.58 bits per heavy atom. The lowest BCUT2D eigenvalue weighted by atomic mass is 10.2. The van der Waals surface area contributed by atoms with Crippen molar-refractivity contribution < 1.29 is 10.0 Å². The van der Waals surface area contributed by atoms with E-state index in [0.29, 0.717) is 0 Å². The van der Waals surface area contributed by atoms with Crippen molar-refractivity contribution in [3.63, 3.8) is 0 Å². The zero-order chi connectivity index (χ0) is 9.30. The van der Waals surface area contributed by atoms with Crippen molar-refractivity contribution in [1.82, 2.24) is 0 Å². The number of nitro benzene ring substituents is 1. The molecular formula is C6H5ClN2O3. The van der Waals surface area contributed by atoms with Crippen LogP contribution in [0.5, 0.6) is 5.75 Å². The summed E-state index contributed by atoms with van der Waals surface area (Å²) in [5.41, 5.74) is 4.48. The number of nitrogens with zero attached hydrogens (tertiary/aromatic N) is 1. The lowest BCUT2D eigenvalue weighted by Gasteiger charge is -2.00. The van der Waals surface area contributed by atoms with Gasteiger partial charge in [0.1, 0.15) is 5.69 Å². The van der Waals surface area contributed by atoms with E-state index >= 15 is 0 Å². The molecule has 0 heterocycles. The Hall–Kier alpha value is -1.49. The fourth-order valence-electron chi connectivity index (χ4n) is 0.764. The molecule has 64 valence electrons. The smallest absolute Gasteiger partial charge is 0.334 e. The Balaban J connectivity index is 3.43. The SMILES string of the molecule is Nc1c(Cl)ccc(O)c1[N+](=O)[O-]. The first-order valence-corrected chi connectivity index (χ1v) is 3.33. The first-order valence-electron chi connectivity index (χ1n) is 2.95. The van der Waals surface area contributed by atoms with Crippen LogP contribution in [0, 0.1) is 10.1 Å². The Morgan fingerprint density at radius 2 is 2.17 bits per heavy atom. The lowest BCUT2D eigenvalue weighted by Crippen LogP contribution is -1.96. The van der Waals surface area contributed by atoms with Crippen molar-refractivity contribution >= 4 is 23.0 Å². The van der Waals surface area contributed by atoms with Gasteiger partial charge in [-0.15, -0.1) is 0 Å². The van der Waals surface area contributed by atoms with E-state index in [4.69, 9.17) is 22.4 Å². The third kappa shape index (κ3) is 1.26. The predicted molar refractivity (Wildman–Crippen MR) is 44.2 cm³/mol. The molecule has 0 aliphatic heterocycles. The van der Waals surface area contributed by atoms with Gasteiger partial charge in [-0.2, -0.15) is 0 Å². The van der Waals surface area contributed by atoms with Crippen molar-refractivity contribution in [2.24, 2.45) is 0 Å². The number of hydrogen-bond donors (Lipinski definition) is 2. The summed E-state index contributed by atoms with van der Waals surface area (Å²) in [6.45, 7) is 0. The molecular weight excluding hydrogens is 184 g/mol. The molecule has 3 N–H and O–H groups in total. The normalized spacial score (nSPS) is 9.75. The summed E-state index contributed by atoms with van der Waals surface area (Å²) in [4.78, 5) is 9.52. The summed E-state index contributed by atoms with van der Waals surface area (Å²) in [5.74, 6) is -0.484. The molecule has 0 aliphatic rings. The molecule has 0 bridgehead atoms. The molecule has 0 aromatic heterocycles. The standard InChI is InChI=1S/C6H5ClN2O3/c7-3-1-2-4(10)6(5(3)8)9(11)12/h1-2,10H,8H2. The number of phenolic OH excluding ortho intramolecular Hbond substituents is 1. The highest BCUT2D eigenvalue weighted by molar-refractivity contribution is 6.33. The van der Waals surface area contributed by atoms with E-state index in [-0.39, 0.29) is 10.7 Å². The van der Waals surface area contributed by atoms with Gasteiger partial charge in [0, 0.05) is 0 Å². The van der Waals surface area contributed by atoms with E-state index < -0.39 is 16.4 Å².